The Morgan fingerprint density at radius 1 is 0.962 bits per heavy atom. The fourth-order valence-corrected chi connectivity index (χ4v) is 3.19. The highest BCUT2D eigenvalue weighted by atomic mass is 16.1. The van der Waals surface area contributed by atoms with Crippen LogP contribution in [0.15, 0.2) is 59.5 Å². The summed E-state index contributed by atoms with van der Waals surface area (Å²) < 4.78 is 2.22. The quantitative estimate of drug-likeness (QED) is 0.601. The highest BCUT2D eigenvalue weighted by Crippen LogP contribution is 2.27. The molecule has 4 nitrogen and oxygen atoms in total. The Kier molecular flexibility index (Phi) is 3.96. The lowest BCUT2D eigenvalue weighted by Crippen LogP contribution is -2.05. The first-order valence-corrected chi connectivity index (χ1v) is 8.73. The summed E-state index contributed by atoms with van der Waals surface area (Å²) in [6.07, 6.45) is 1.73. The van der Waals surface area contributed by atoms with Crippen LogP contribution in [0, 0.1) is 20.8 Å². The zero-order valence-corrected chi connectivity index (χ0v) is 15.2. The number of hydrogen-bond acceptors (Lipinski definition) is 2. The monoisotopic (exact) mass is 343 g/mol. The summed E-state index contributed by atoms with van der Waals surface area (Å²) in [5.41, 5.74) is 7.82. The minimum absolute atomic E-state index is 0.110. The molecule has 130 valence electrons. The van der Waals surface area contributed by atoms with E-state index in [9.17, 15) is 4.79 Å². The van der Waals surface area contributed by atoms with Gasteiger partial charge in [-0.2, -0.15) is 0 Å². The van der Waals surface area contributed by atoms with Gasteiger partial charge in [0.15, 0.2) is 0 Å². The van der Waals surface area contributed by atoms with Gasteiger partial charge in [-0.15, -0.1) is 0 Å². The predicted molar refractivity (Wildman–Crippen MR) is 106 cm³/mol. The number of benzene rings is 2. The average Bonchev–Trinajstić information content (AvgIpc) is 2.95. The lowest BCUT2D eigenvalue weighted by atomic mass is 10.1. The van der Waals surface area contributed by atoms with Crippen LogP contribution in [0.1, 0.15) is 22.3 Å². The van der Waals surface area contributed by atoms with Crippen LogP contribution in [-0.4, -0.2) is 14.5 Å². The minimum atomic E-state index is -0.110. The summed E-state index contributed by atoms with van der Waals surface area (Å²) in [6, 6.07) is 16.3. The number of nitrogens with zero attached hydrogens (tertiary/aromatic N) is 2. The third kappa shape index (κ3) is 2.94. The third-order valence-corrected chi connectivity index (χ3v) is 4.87. The number of H-pyrrole nitrogens is 1. The fourth-order valence-electron chi connectivity index (χ4n) is 3.19. The number of fused-ring (bicyclic) bond motifs is 1. The van der Waals surface area contributed by atoms with Crippen LogP contribution in [-0.2, 0) is 6.54 Å². The molecule has 0 spiro atoms. The number of aromatic nitrogens is 3. The summed E-state index contributed by atoms with van der Waals surface area (Å²) in [7, 11) is 0. The van der Waals surface area contributed by atoms with Gasteiger partial charge in [-0.25, -0.2) is 4.98 Å². The van der Waals surface area contributed by atoms with E-state index in [1.54, 1.807) is 12.3 Å². The lowest BCUT2D eigenvalue weighted by molar-refractivity contribution is 0.833. The first kappa shape index (κ1) is 16.3. The van der Waals surface area contributed by atoms with Crippen LogP contribution in [0.25, 0.3) is 22.4 Å². The van der Waals surface area contributed by atoms with Crippen LogP contribution in [0.2, 0.25) is 0 Å². The van der Waals surface area contributed by atoms with Gasteiger partial charge >= 0.3 is 0 Å². The van der Waals surface area contributed by atoms with E-state index in [4.69, 9.17) is 4.98 Å². The molecule has 0 saturated carbocycles. The Morgan fingerprint density at radius 3 is 2.38 bits per heavy atom. The molecule has 0 aliphatic carbocycles. The maximum atomic E-state index is 11.4. The first-order valence-electron chi connectivity index (χ1n) is 8.73. The van der Waals surface area contributed by atoms with Crippen LogP contribution in [0.4, 0.5) is 0 Å². The summed E-state index contributed by atoms with van der Waals surface area (Å²) >= 11 is 0. The number of nitrogens with one attached hydrogen (secondary N) is 1. The Bertz CT molecular complexity index is 1130. The summed E-state index contributed by atoms with van der Waals surface area (Å²) in [5, 5.41) is 0. The standard InChI is InChI=1S/C22H21N3O/c1-14-4-6-17(7-5-14)13-25-20-11-16(3)15(2)10-19(20)24-22(25)18-8-9-21(26)23-12-18/h4-12H,13H2,1-3H3,(H,23,26). The number of imidazole rings is 1. The van der Waals surface area contributed by atoms with Crippen molar-refractivity contribution >= 4 is 11.0 Å². The topological polar surface area (TPSA) is 50.7 Å². The van der Waals surface area contributed by atoms with Gasteiger partial charge in [0, 0.05) is 24.4 Å². The van der Waals surface area contributed by atoms with Crippen LogP contribution in [0.5, 0.6) is 0 Å². The SMILES string of the molecule is Cc1ccc(Cn2c(-c3ccc(=O)[nH]c3)nc3cc(C)c(C)cc32)cc1. The van der Waals surface area contributed by atoms with Crippen LogP contribution < -0.4 is 5.56 Å². The molecule has 1 N–H and O–H groups in total. The van der Waals surface area contributed by atoms with Gasteiger partial charge in [0.2, 0.25) is 5.56 Å². The van der Waals surface area contributed by atoms with E-state index < -0.39 is 0 Å². The van der Waals surface area contributed by atoms with Gasteiger partial charge in [0.1, 0.15) is 5.82 Å². The third-order valence-electron chi connectivity index (χ3n) is 4.87. The molecule has 0 bridgehead atoms. The maximum absolute atomic E-state index is 11.4. The molecule has 0 radical (unpaired) electrons. The van der Waals surface area contributed by atoms with Gasteiger partial charge < -0.3 is 9.55 Å². The zero-order chi connectivity index (χ0) is 18.3. The second-order valence-corrected chi connectivity index (χ2v) is 6.87. The van der Waals surface area contributed by atoms with Crippen molar-refractivity contribution in [2.45, 2.75) is 27.3 Å². The number of aryl methyl sites for hydroxylation is 3. The van der Waals surface area contributed by atoms with E-state index in [1.165, 1.54) is 22.3 Å². The van der Waals surface area contributed by atoms with Crippen molar-refractivity contribution in [3.63, 3.8) is 0 Å². The van der Waals surface area contributed by atoms with Crippen molar-refractivity contribution in [2.24, 2.45) is 0 Å². The van der Waals surface area contributed by atoms with Crippen LogP contribution in [0.3, 0.4) is 0 Å². The molecule has 0 amide bonds. The van der Waals surface area contributed by atoms with E-state index in [0.29, 0.717) is 0 Å². The zero-order valence-electron chi connectivity index (χ0n) is 15.2. The van der Waals surface area contributed by atoms with Crippen molar-refractivity contribution in [2.75, 3.05) is 0 Å². The molecule has 4 rings (SSSR count). The van der Waals surface area contributed by atoms with E-state index in [2.05, 4.69) is 66.7 Å². The van der Waals surface area contributed by atoms with Gasteiger partial charge in [-0.05, 0) is 55.7 Å². The molecule has 4 heteroatoms. The Morgan fingerprint density at radius 2 is 1.69 bits per heavy atom. The molecule has 0 saturated heterocycles. The Labute approximate surface area is 152 Å². The lowest BCUT2D eigenvalue weighted by Gasteiger charge is -2.10. The molecule has 2 heterocycles. The van der Waals surface area contributed by atoms with E-state index in [0.717, 1.165) is 29.0 Å². The maximum Gasteiger partial charge on any atom is 0.247 e. The molecule has 0 aliphatic rings. The molecule has 2 aromatic heterocycles. The van der Waals surface area contributed by atoms with Crippen molar-refractivity contribution in [3.05, 3.63) is 87.3 Å². The Hall–Kier alpha value is -3.14. The molecular weight excluding hydrogens is 322 g/mol. The van der Waals surface area contributed by atoms with Crippen LogP contribution >= 0.6 is 0 Å². The van der Waals surface area contributed by atoms with Crippen molar-refractivity contribution < 1.29 is 0 Å². The normalized spacial score (nSPS) is 11.2. The summed E-state index contributed by atoms with van der Waals surface area (Å²) in [6.45, 7) is 7.05. The van der Waals surface area contributed by atoms with E-state index in [-0.39, 0.29) is 5.56 Å². The number of rotatable bonds is 3. The second kappa shape index (κ2) is 6.30. The Balaban J connectivity index is 1.92. The summed E-state index contributed by atoms with van der Waals surface area (Å²) in [5.74, 6) is 0.863. The van der Waals surface area contributed by atoms with E-state index >= 15 is 0 Å². The predicted octanol–water partition coefficient (Wildman–Crippen LogP) is 4.37. The molecule has 0 unspecified atom stereocenters. The van der Waals surface area contributed by atoms with Crippen molar-refractivity contribution in [1.29, 1.82) is 0 Å². The van der Waals surface area contributed by atoms with Gasteiger partial charge in [0.05, 0.1) is 11.0 Å². The molecule has 26 heavy (non-hydrogen) atoms. The average molecular weight is 343 g/mol. The number of aromatic amines is 1. The molecular formula is C22H21N3O. The highest BCUT2D eigenvalue weighted by Gasteiger charge is 2.14. The molecule has 0 atom stereocenters. The molecule has 0 aliphatic heterocycles. The second-order valence-electron chi connectivity index (χ2n) is 6.87. The smallest absolute Gasteiger partial charge is 0.247 e. The number of hydrogen-bond donors (Lipinski definition) is 1. The van der Waals surface area contributed by atoms with Crippen molar-refractivity contribution in [3.8, 4) is 11.4 Å². The summed E-state index contributed by atoms with van der Waals surface area (Å²) in [4.78, 5) is 19.1. The highest BCUT2D eigenvalue weighted by molar-refractivity contribution is 5.82. The minimum Gasteiger partial charge on any atom is -0.328 e. The van der Waals surface area contributed by atoms with Gasteiger partial charge in [-0.1, -0.05) is 29.8 Å². The first-order chi connectivity index (χ1) is 12.5. The molecule has 2 aromatic carbocycles. The van der Waals surface area contributed by atoms with Gasteiger partial charge in [-0.3, -0.25) is 4.79 Å². The fraction of sp³-hybridized carbons (Fsp3) is 0.182. The largest absolute Gasteiger partial charge is 0.328 e. The van der Waals surface area contributed by atoms with Gasteiger partial charge in [0.25, 0.3) is 0 Å². The van der Waals surface area contributed by atoms with Crippen molar-refractivity contribution in [1.82, 2.24) is 14.5 Å². The van der Waals surface area contributed by atoms with E-state index in [1.807, 2.05) is 6.07 Å². The molecule has 0 fully saturated rings. The molecule has 4 aromatic rings. The number of pyridine rings is 1.